The quantitative estimate of drug-likeness (QED) is 0.657. The maximum absolute atomic E-state index is 12.2. The Kier molecular flexibility index (Phi) is 5.67. The summed E-state index contributed by atoms with van der Waals surface area (Å²) >= 11 is 0. The summed E-state index contributed by atoms with van der Waals surface area (Å²) < 4.78 is 0. The number of carboxylic acids is 2. The fourth-order valence-corrected chi connectivity index (χ4v) is 6.28. The zero-order valence-corrected chi connectivity index (χ0v) is 17.7. The van der Waals surface area contributed by atoms with Crippen LogP contribution in [0.4, 0.5) is 0 Å². The van der Waals surface area contributed by atoms with Crippen LogP contribution in [-0.2, 0) is 14.4 Å². The first-order valence-corrected chi connectivity index (χ1v) is 10.6. The van der Waals surface area contributed by atoms with Crippen LogP contribution in [0.25, 0.3) is 0 Å². The predicted octanol–water partition coefficient (Wildman–Crippen LogP) is 3.87. The third-order valence-corrected chi connectivity index (χ3v) is 8.07. The highest BCUT2D eigenvalue weighted by atomic mass is 16.4. The van der Waals surface area contributed by atoms with E-state index < -0.39 is 23.4 Å². The van der Waals surface area contributed by atoms with E-state index in [0.29, 0.717) is 13.0 Å². The number of nitrogens with zero attached hydrogens (tertiary/aromatic N) is 1. The molecule has 160 valence electrons. The summed E-state index contributed by atoms with van der Waals surface area (Å²) in [6.07, 6.45) is 7.49. The maximum atomic E-state index is 12.2. The summed E-state index contributed by atoms with van der Waals surface area (Å²) in [5.41, 5.74) is 1.36. The van der Waals surface area contributed by atoms with Gasteiger partial charge in [0.05, 0.1) is 5.41 Å². The van der Waals surface area contributed by atoms with Crippen LogP contribution < -0.4 is 0 Å². The van der Waals surface area contributed by atoms with Crippen molar-refractivity contribution in [2.45, 2.75) is 71.8 Å². The number of carbonyl (C=O) groups excluding carboxylic acids is 1. The predicted molar refractivity (Wildman–Crippen MR) is 109 cm³/mol. The van der Waals surface area contributed by atoms with Crippen LogP contribution in [0.1, 0.15) is 65.7 Å². The van der Waals surface area contributed by atoms with Crippen LogP contribution in [0.2, 0.25) is 0 Å². The molecule has 1 aliphatic heterocycles. The molecule has 0 bridgehead atoms. The molecule has 5 atom stereocenters. The maximum Gasteiger partial charge on any atom is 0.326 e. The van der Waals surface area contributed by atoms with Crippen molar-refractivity contribution in [3.8, 4) is 0 Å². The highest BCUT2D eigenvalue weighted by Crippen LogP contribution is 2.62. The molecule has 3 aliphatic rings. The molecule has 2 saturated carbocycles. The fraction of sp³-hybridized carbons (Fsp3) is 0.696. The van der Waals surface area contributed by atoms with Crippen LogP contribution in [0.5, 0.6) is 0 Å². The molecule has 6 nitrogen and oxygen atoms in total. The molecule has 2 aliphatic carbocycles. The Hall–Kier alpha value is -2.11. The van der Waals surface area contributed by atoms with E-state index in [1.807, 2.05) is 6.92 Å². The lowest BCUT2D eigenvalue weighted by atomic mass is 9.46. The molecule has 0 radical (unpaired) electrons. The van der Waals surface area contributed by atoms with Crippen molar-refractivity contribution in [3.63, 3.8) is 0 Å². The van der Waals surface area contributed by atoms with Crippen LogP contribution in [0.15, 0.2) is 23.8 Å². The van der Waals surface area contributed by atoms with Crippen molar-refractivity contribution in [1.29, 1.82) is 0 Å². The zero-order chi connectivity index (χ0) is 21.6. The molecule has 0 aromatic carbocycles. The smallest absolute Gasteiger partial charge is 0.326 e. The molecule has 0 aromatic heterocycles. The fourth-order valence-electron chi connectivity index (χ4n) is 6.28. The first kappa shape index (κ1) is 21.6. The Morgan fingerprint density at radius 3 is 2.62 bits per heavy atom. The summed E-state index contributed by atoms with van der Waals surface area (Å²) in [5.74, 6) is -1.58. The molecule has 0 saturated heterocycles. The van der Waals surface area contributed by atoms with Crippen molar-refractivity contribution >= 4 is 17.8 Å². The Morgan fingerprint density at radius 2 is 2.00 bits per heavy atom. The van der Waals surface area contributed by atoms with Crippen LogP contribution in [-0.4, -0.2) is 45.5 Å². The van der Waals surface area contributed by atoms with Gasteiger partial charge in [0.2, 0.25) is 5.91 Å². The van der Waals surface area contributed by atoms with Crippen molar-refractivity contribution in [2.24, 2.45) is 22.7 Å². The van der Waals surface area contributed by atoms with Crippen molar-refractivity contribution < 1.29 is 24.6 Å². The molecule has 0 spiro atoms. The minimum absolute atomic E-state index is 0.0993. The van der Waals surface area contributed by atoms with E-state index in [4.69, 9.17) is 0 Å². The van der Waals surface area contributed by atoms with E-state index in [2.05, 4.69) is 13.5 Å². The lowest BCUT2D eigenvalue weighted by molar-refractivity contribution is -0.164. The van der Waals surface area contributed by atoms with Gasteiger partial charge in [0.25, 0.3) is 0 Å². The minimum Gasteiger partial charge on any atom is -0.481 e. The molecule has 29 heavy (non-hydrogen) atoms. The molecule has 1 heterocycles. The van der Waals surface area contributed by atoms with Gasteiger partial charge in [-0.2, -0.15) is 0 Å². The first-order valence-electron chi connectivity index (χ1n) is 10.6. The molecular weight excluding hydrogens is 370 g/mol. The van der Waals surface area contributed by atoms with Gasteiger partial charge in [0.1, 0.15) is 6.04 Å². The van der Waals surface area contributed by atoms with E-state index in [-0.39, 0.29) is 23.2 Å². The SMILES string of the molecule is C=C1CCC2C(C)(C(=O)O)CCCC2(C)C1CCC1=CC(=O)N(C(C)C(=O)O)C1. The zero-order valence-electron chi connectivity index (χ0n) is 17.7. The number of hydrogen-bond acceptors (Lipinski definition) is 3. The lowest BCUT2D eigenvalue weighted by Crippen LogP contribution is -2.53. The molecule has 2 fully saturated rings. The van der Waals surface area contributed by atoms with Gasteiger partial charge in [-0.25, -0.2) is 4.79 Å². The van der Waals surface area contributed by atoms with Gasteiger partial charge in [-0.1, -0.05) is 25.5 Å². The monoisotopic (exact) mass is 403 g/mol. The van der Waals surface area contributed by atoms with E-state index >= 15 is 0 Å². The van der Waals surface area contributed by atoms with Gasteiger partial charge in [0, 0.05) is 12.6 Å². The first-order chi connectivity index (χ1) is 13.5. The number of rotatable bonds is 6. The van der Waals surface area contributed by atoms with Crippen LogP contribution in [0.3, 0.4) is 0 Å². The Labute approximate surface area is 172 Å². The normalized spacial score (nSPS) is 35.8. The third kappa shape index (κ3) is 3.62. The minimum atomic E-state index is -1.00. The number of aliphatic carboxylic acids is 2. The molecule has 0 aromatic rings. The summed E-state index contributed by atoms with van der Waals surface area (Å²) in [7, 11) is 0. The Balaban J connectivity index is 1.74. The highest BCUT2D eigenvalue weighted by molar-refractivity contribution is 5.94. The summed E-state index contributed by atoms with van der Waals surface area (Å²) in [6.45, 7) is 10.4. The van der Waals surface area contributed by atoms with Gasteiger partial charge in [-0.15, -0.1) is 0 Å². The van der Waals surface area contributed by atoms with Crippen LogP contribution >= 0.6 is 0 Å². The summed E-state index contributed by atoms with van der Waals surface area (Å²) in [4.78, 5) is 36.9. The molecule has 6 heteroatoms. The second-order valence-corrected chi connectivity index (χ2v) is 9.71. The molecule has 2 N–H and O–H groups in total. The largest absolute Gasteiger partial charge is 0.481 e. The number of fused-ring (bicyclic) bond motifs is 1. The second kappa shape index (κ2) is 7.62. The third-order valence-electron chi connectivity index (χ3n) is 8.07. The Bertz CT molecular complexity index is 771. The van der Waals surface area contributed by atoms with E-state index in [1.54, 1.807) is 6.08 Å². The highest BCUT2D eigenvalue weighted by Gasteiger charge is 2.57. The molecule has 5 unspecified atom stereocenters. The van der Waals surface area contributed by atoms with Crippen molar-refractivity contribution in [1.82, 2.24) is 4.90 Å². The Morgan fingerprint density at radius 1 is 1.31 bits per heavy atom. The molecule has 3 rings (SSSR count). The van der Waals surface area contributed by atoms with Crippen molar-refractivity contribution in [3.05, 3.63) is 23.8 Å². The molecular formula is C23H33NO5. The second-order valence-electron chi connectivity index (χ2n) is 9.71. The summed E-state index contributed by atoms with van der Waals surface area (Å²) in [6, 6.07) is -0.836. The number of amides is 1. The van der Waals surface area contributed by atoms with Crippen LogP contribution in [0, 0.1) is 22.7 Å². The van der Waals surface area contributed by atoms with Gasteiger partial charge >= 0.3 is 11.9 Å². The van der Waals surface area contributed by atoms with E-state index in [0.717, 1.165) is 44.1 Å². The average molecular weight is 404 g/mol. The topological polar surface area (TPSA) is 94.9 Å². The average Bonchev–Trinajstić information content (AvgIpc) is 3.00. The number of carbonyl (C=O) groups is 3. The number of carboxylic acid groups (broad SMARTS) is 2. The standard InChI is InChI=1S/C23H33NO5/c1-14-6-9-18-22(3,10-5-11-23(18,4)21(28)29)17(14)8-7-16-12-19(25)24(13-16)15(2)20(26)27/h12,15,17-18H,1,5-11,13H2,2-4H3,(H,26,27)(H,28,29). The van der Waals surface area contributed by atoms with E-state index in [1.165, 1.54) is 17.4 Å². The number of hydrogen-bond donors (Lipinski definition) is 2. The van der Waals surface area contributed by atoms with Gasteiger partial charge in [-0.05, 0) is 75.2 Å². The van der Waals surface area contributed by atoms with Gasteiger partial charge < -0.3 is 15.1 Å². The molecule has 1 amide bonds. The lowest BCUT2D eigenvalue weighted by Gasteiger charge is -2.57. The van der Waals surface area contributed by atoms with E-state index in [9.17, 15) is 24.6 Å². The number of allylic oxidation sites excluding steroid dienone is 1. The van der Waals surface area contributed by atoms with Gasteiger partial charge in [0.15, 0.2) is 0 Å². The van der Waals surface area contributed by atoms with Crippen molar-refractivity contribution in [2.75, 3.05) is 6.54 Å². The van der Waals surface area contributed by atoms with Gasteiger partial charge in [-0.3, -0.25) is 9.59 Å². The summed E-state index contributed by atoms with van der Waals surface area (Å²) in [5, 5.41) is 19.1.